The molecule has 1 aliphatic heterocycles. The number of rotatable bonds is 1. The first-order chi connectivity index (χ1) is 7.66. The van der Waals surface area contributed by atoms with Crippen LogP contribution in [-0.2, 0) is 4.74 Å². The van der Waals surface area contributed by atoms with Crippen LogP contribution in [0.15, 0.2) is 24.4 Å². The fraction of sp³-hybridized carbons (Fsp3) is 0.500. The third-order valence-electron chi connectivity index (χ3n) is 2.59. The molecule has 0 aromatic carbocycles. The molecule has 0 bridgehead atoms. The molecule has 0 spiro atoms. The highest BCUT2D eigenvalue weighted by atomic mass is 16.5. The molecule has 1 aromatic rings. The van der Waals surface area contributed by atoms with Gasteiger partial charge in [-0.3, -0.25) is 9.78 Å². The van der Waals surface area contributed by atoms with Gasteiger partial charge in [-0.2, -0.15) is 0 Å². The van der Waals surface area contributed by atoms with Crippen LogP contribution in [0.3, 0.4) is 0 Å². The molecule has 2 rings (SSSR count). The first kappa shape index (κ1) is 11.1. The number of aromatic nitrogens is 1. The molecular weight excluding hydrogens is 204 g/mol. The number of carbonyl (C=O) groups excluding carboxylic acids is 1. The van der Waals surface area contributed by atoms with E-state index in [9.17, 15) is 4.79 Å². The van der Waals surface area contributed by atoms with Gasteiger partial charge in [0.05, 0.1) is 12.2 Å². The lowest BCUT2D eigenvalue weighted by atomic mass is 10.2. The van der Waals surface area contributed by atoms with Gasteiger partial charge < -0.3 is 9.64 Å². The third kappa shape index (κ3) is 2.39. The largest absolute Gasteiger partial charge is 0.372 e. The van der Waals surface area contributed by atoms with Gasteiger partial charge in [0.15, 0.2) is 0 Å². The number of ether oxygens (including phenoxy) is 1. The van der Waals surface area contributed by atoms with Crippen molar-refractivity contribution in [3.63, 3.8) is 0 Å². The molecule has 1 aromatic heterocycles. The molecule has 4 heteroatoms. The number of pyridine rings is 1. The molecule has 0 N–H and O–H groups in total. The molecule has 0 saturated carbocycles. The SMILES string of the molecule is CC1CN(C(=O)c2ccccn2)CC(C)O1. The van der Waals surface area contributed by atoms with Gasteiger partial charge in [0.1, 0.15) is 5.69 Å². The minimum Gasteiger partial charge on any atom is -0.372 e. The van der Waals surface area contributed by atoms with E-state index in [2.05, 4.69) is 4.98 Å². The van der Waals surface area contributed by atoms with Gasteiger partial charge in [0.25, 0.3) is 5.91 Å². The van der Waals surface area contributed by atoms with E-state index >= 15 is 0 Å². The normalized spacial score (nSPS) is 25.5. The molecule has 1 amide bonds. The minimum absolute atomic E-state index is 0.0115. The highest BCUT2D eigenvalue weighted by Gasteiger charge is 2.26. The van der Waals surface area contributed by atoms with Crippen LogP contribution in [0.25, 0.3) is 0 Å². The van der Waals surface area contributed by atoms with E-state index < -0.39 is 0 Å². The maximum Gasteiger partial charge on any atom is 0.272 e. The van der Waals surface area contributed by atoms with Gasteiger partial charge in [-0.05, 0) is 26.0 Å². The maximum atomic E-state index is 12.1. The fourth-order valence-electron chi connectivity index (χ4n) is 1.99. The first-order valence-corrected chi connectivity index (χ1v) is 5.52. The summed E-state index contributed by atoms with van der Waals surface area (Å²) in [6, 6.07) is 5.38. The van der Waals surface area contributed by atoms with Crippen LogP contribution >= 0.6 is 0 Å². The van der Waals surface area contributed by atoms with Gasteiger partial charge in [0, 0.05) is 19.3 Å². The molecule has 4 nitrogen and oxygen atoms in total. The number of carbonyl (C=O) groups is 1. The summed E-state index contributed by atoms with van der Waals surface area (Å²) in [5, 5.41) is 0. The zero-order valence-corrected chi connectivity index (χ0v) is 9.59. The number of hydrogen-bond acceptors (Lipinski definition) is 3. The summed E-state index contributed by atoms with van der Waals surface area (Å²) >= 11 is 0. The Morgan fingerprint density at radius 3 is 2.62 bits per heavy atom. The Hall–Kier alpha value is -1.42. The Bertz CT molecular complexity index is 357. The number of nitrogens with zero attached hydrogens (tertiary/aromatic N) is 2. The van der Waals surface area contributed by atoms with E-state index in [-0.39, 0.29) is 18.1 Å². The average molecular weight is 220 g/mol. The van der Waals surface area contributed by atoms with Crippen molar-refractivity contribution in [3.05, 3.63) is 30.1 Å². The molecule has 0 aliphatic carbocycles. The van der Waals surface area contributed by atoms with E-state index in [1.807, 2.05) is 19.9 Å². The Morgan fingerprint density at radius 1 is 1.38 bits per heavy atom. The Morgan fingerprint density at radius 2 is 2.06 bits per heavy atom. The van der Waals surface area contributed by atoms with Gasteiger partial charge in [-0.1, -0.05) is 6.07 Å². The van der Waals surface area contributed by atoms with Crippen molar-refractivity contribution >= 4 is 5.91 Å². The zero-order valence-electron chi connectivity index (χ0n) is 9.59. The van der Waals surface area contributed by atoms with Crippen molar-refractivity contribution in [2.45, 2.75) is 26.1 Å². The second-order valence-electron chi connectivity index (χ2n) is 4.18. The Kier molecular flexibility index (Phi) is 3.19. The zero-order chi connectivity index (χ0) is 11.5. The van der Waals surface area contributed by atoms with Crippen LogP contribution in [0.4, 0.5) is 0 Å². The van der Waals surface area contributed by atoms with Crippen LogP contribution in [0.1, 0.15) is 24.3 Å². The summed E-state index contributed by atoms with van der Waals surface area (Å²) in [5.41, 5.74) is 0.504. The van der Waals surface area contributed by atoms with Gasteiger partial charge >= 0.3 is 0 Å². The van der Waals surface area contributed by atoms with Crippen LogP contribution < -0.4 is 0 Å². The molecule has 1 saturated heterocycles. The van der Waals surface area contributed by atoms with Crippen molar-refractivity contribution < 1.29 is 9.53 Å². The van der Waals surface area contributed by atoms with Crippen molar-refractivity contribution in [1.29, 1.82) is 0 Å². The van der Waals surface area contributed by atoms with Crippen molar-refractivity contribution in [2.24, 2.45) is 0 Å². The van der Waals surface area contributed by atoms with E-state index in [1.165, 1.54) is 0 Å². The number of hydrogen-bond donors (Lipinski definition) is 0. The monoisotopic (exact) mass is 220 g/mol. The molecule has 86 valence electrons. The molecule has 2 heterocycles. The Labute approximate surface area is 95.2 Å². The fourth-order valence-corrected chi connectivity index (χ4v) is 1.99. The summed E-state index contributed by atoms with van der Waals surface area (Å²) in [4.78, 5) is 18.0. The summed E-state index contributed by atoms with van der Waals surface area (Å²) in [6.45, 7) is 5.24. The summed E-state index contributed by atoms with van der Waals surface area (Å²) in [5.74, 6) is -0.0115. The number of amides is 1. The van der Waals surface area contributed by atoms with E-state index in [0.29, 0.717) is 18.8 Å². The van der Waals surface area contributed by atoms with Crippen LogP contribution in [0, 0.1) is 0 Å². The lowest BCUT2D eigenvalue weighted by Crippen LogP contribution is -2.48. The molecule has 16 heavy (non-hydrogen) atoms. The minimum atomic E-state index is -0.0115. The molecule has 2 unspecified atom stereocenters. The second kappa shape index (κ2) is 4.61. The van der Waals surface area contributed by atoms with E-state index in [4.69, 9.17) is 4.74 Å². The molecule has 1 aliphatic rings. The van der Waals surface area contributed by atoms with Gasteiger partial charge in [-0.25, -0.2) is 0 Å². The third-order valence-corrected chi connectivity index (χ3v) is 2.59. The lowest BCUT2D eigenvalue weighted by Gasteiger charge is -2.35. The van der Waals surface area contributed by atoms with Crippen LogP contribution in [0.5, 0.6) is 0 Å². The highest BCUT2D eigenvalue weighted by Crippen LogP contribution is 2.13. The average Bonchev–Trinajstić information content (AvgIpc) is 2.28. The summed E-state index contributed by atoms with van der Waals surface area (Å²) in [6.07, 6.45) is 1.83. The smallest absolute Gasteiger partial charge is 0.272 e. The van der Waals surface area contributed by atoms with E-state index in [1.54, 1.807) is 23.2 Å². The molecule has 0 radical (unpaired) electrons. The predicted molar refractivity (Wildman–Crippen MR) is 60.1 cm³/mol. The van der Waals surface area contributed by atoms with Crippen LogP contribution in [0.2, 0.25) is 0 Å². The second-order valence-corrected chi connectivity index (χ2v) is 4.18. The van der Waals surface area contributed by atoms with Gasteiger partial charge in [0.2, 0.25) is 0 Å². The molecule has 1 fully saturated rings. The van der Waals surface area contributed by atoms with Crippen molar-refractivity contribution in [3.8, 4) is 0 Å². The summed E-state index contributed by atoms with van der Waals surface area (Å²) < 4.78 is 5.59. The van der Waals surface area contributed by atoms with Gasteiger partial charge in [-0.15, -0.1) is 0 Å². The van der Waals surface area contributed by atoms with Crippen LogP contribution in [-0.4, -0.2) is 41.1 Å². The highest BCUT2D eigenvalue weighted by molar-refractivity contribution is 5.92. The molecular formula is C12H16N2O2. The first-order valence-electron chi connectivity index (χ1n) is 5.52. The lowest BCUT2D eigenvalue weighted by molar-refractivity contribution is -0.0587. The maximum absolute atomic E-state index is 12.1. The summed E-state index contributed by atoms with van der Waals surface area (Å²) in [7, 11) is 0. The molecule has 2 atom stereocenters. The quantitative estimate of drug-likeness (QED) is 0.717. The van der Waals surface area contributed by atoms with Crippen molar-refractivity contribution in [2.75, 3.05) is 13.1 Å². The Balaban J connectivity index is 2.10. The van der Waals surface area contributed by atoms with E-state index in [0.717, 1.165) is 0 Å². The topological polar surface area (TPSA) is 42.4 Å². The van der Waals surface area contributed by atoms with Crippen molar-refractivity contribution in [1.82, 2.24) is 9.88 Å². The predicted octanol–water partition coefficient (Wildman–Crippen LogP) is 1.33. The number of morpholine rings is 1. The standard InChI is InChI=1S/C12H16N2O2/c1-9-7-14(8-10(2)16-9)12(15)11-5-3-4-6-13-11/h3-6,9-10H,7-8H2,1-2H3.